The number of hydrogen-bond donors (Lipinski definition) is 0. The predicted molar refractivity (Wildman–Crippen MR) is 88.9 cm³/mol. The van der Waals surface area contributed by atoms with Gasteiger partial charge in [0.15, 0.2) is 0 Å². The zero-order valence-electron chi connectivity index (χ0n) is 13.2. The van der Waals surface area contributed by atoms with Gasteiger partial charge in [0.1, 0.15) is 0 Å². The molecule has 0 N–H and O–H groups in total. The van der Waals surface area contributed by atoms with Crippen LogP contribution < -0.4 is 0 Å². The molecule has 0 fully saturated rings. The predicted octanol–water partition coefficient (Wildman–Crippen LogP) is 6.51. The molecule has 0 saturated carbocycles. The van der Waals surface area contributed by atoms with Crippen LogP contribution in [-0.4, -0.2) is 18.4 Å². The van der Waals surface area contributed by atoms with Gasteiger partial charge in [-0.15, -0.1) is 0 Å². The van der Waals surface area contributed by atoms with Crippen molar-refractivity contribution in [2.45, 2.75) is 79.5 Å². The Bertz CT molecular complexity index is 218. The topological polar surface area (TPSA) is 0 Å². The molecule has 0 bridgehead atoms. The summed E-state index contributed by atoms with van der Waals surface area (Å²) < 4.78 is 7.39. The Morgan fingerprint density at radius 3 is 1.56 bits per heavy atom. The van der Waals surface area contributed by atoms with Gasteiger partial charge < -0.3 is 0 Å². The molecule has 0 amide bonds. The van der Waals surface area contributed by atoms with E-state index in [-0.39, 0.29) is 0 Å². The third kappa shape index (κ3) is 8.39. The molecule has 1 heteroatoms. The van der Waals surface area contributed by atoms with Crippen molar-refractivity contribution in [1.82, 2.24) is 0 Å². The van der Waals surface area contributed by atoms with Gasteiger partial charge in [-0.1, -0.05) is 0 Å². The molecule has 0 nitrogen and oxygen atoms in total. The van der Waals surface area contributed by atoms with Gasteiger partial charge in [-0.3, -0.25) is 0 Å². The van der Waals surface area contributed by atoms with E-state index in [2.05, 4.69) is 44.4 Å². The molecule has 0 aromatic carbocycles. The van der Waals surface area contributed by atoms with E-state index in [1.165, 1.54) is 44.1 Å². The van der Waals surface area contributed by atoms with Crippen molar-refractivity contribution in [3.8, 4) is 0 Å². The molecular weight excluding hydrogens is 323 g/mol. The molecule has 0 radical (unpaired) electrons. The summed E-state index contributed by atoms with van der Waals surface area (Å²) >= 11 is -1.99. The van der Waals surface area contributed by atoms with E-state index in [4.69, 9.17) is 0 Å². The molecule has 0 aliphatic heterocycles. The zero-order chi connectivity index (χ0) is 13.9. The maximum atomic E-state index is 4.05. The van der Waals surface area contributed by atoms with Crippen LogP contribution in [0.3, 0.4) is 0 Å². The minimum atomic E-state index is -1.99. The Labute approximate surface area is 120 Å². The number of rotatable bonds is 11. The van der Waals surface area contributed by atoms with Crippen molar-refractivity contribution in [2.24, 2.45) is 0 Å². The zero-order valence-corrected chi connectivity index (χ0v) is 16.1. The Kier molecular flexibility index (Phi) is 11.3. The van der Waals surface area contributed by atoms with Crippen LogP contribution in [0, 0.1) is 0 Å². The van der Waals surface area contributed by atoms with E-state index in [0.717, 1.165) is 0 Å². The Hall–Kier alpha value is 0.279. The van der Waals surface area contributed by atoms with E-state index >= 15 is 0 Å². The van der Waals surface area contributed by atoms with Crippen LogP contribution in [0.4, 0.5) is 0 Å². The molecule has 0 aliphatic carbocycles. The molecule has 0 saturated heterocycles. The number of unbranched alkanes of at least 4 members (excludes halogenated alkanes) is 3. The Morgan fingerprint density at radius 2 is 1.28 bits per heavy atom. The fourth-order valence-corrected chi connectivity index (χ4v) is 17.0. The van der Waals surface area contributed by atoms with Crippen LogP contribution in [-0.2, 0) is 0 Å². The second kappa shape index (κ2) is 11.1. The first-order valence-electron chi connectivity index (χ1n) is 7.95. The second-order valence-corrected chi connectivity index (χ2v) is 18.9. The Morgan fingerprint density at radius 1 is 0.889 bits per heavy atom. The summed E-state index contributed by atoms with van der Waals surface area (Å²) in [5.74, 6) is 0. The minimum absolute atomic E-state index is 1.24. The monoisotopic (exact) mass is 358 g/mol. The average molecular weight is 357 g/mol. The van der Waals surface area contributed by atoms with Gasteiger partial charge in [0.05, 0.1) is 0 Å². The van der Waals surface area contributed by atoms with Crippen molar-refractivity contribution in [2.75, 3.05) is 0 Å². The first kappa shape index (κ1) is 18.3. The third-order valence-corrected chi connectivity index (χ3v) is 17.9. The van der Waals surface area contributed by atoms with Crippen LogP contribution in [0.5, 0.6) is 0 Å². The molecule has 0 heterocycles. The fourth-order valence-electron chi connectivity index (χ4n) is 2.53. The molecule has 0 unspecified atom stereocenters. The van der Waals surface area contributed by atoms with Crippen molar-refractivity contribution in [3.05, 3.63) is 22.3 Å². The van der Waals surface area contributed by atoms with E-state index in [0.29, 0.717) is 0 Å². The molecule has 0 spiro atoms. The first-order valence-corrected chi connectivity index (χ1v) is 15.6. The second-order valence-electron chi connectivity index (χ2n) is 5.85. The number of allylic oxidation sites excluding steroid dienone is 2. The van der Waals surface area contributed by atoms with E-state index in [1.807, 2.05) is 0 Å². The van der Waals surface area contributed by atoms with Crippen molar-refractivity contribution in [3.63, 3.8) is 0 Å². The molecule has 0 atom stereocenters. The van der Waals surface area contributed by atoms with Gasteiger partial charge in [0, 0.05) is 0 Å². The summed E-state index contributed by atoms with van der Waals surface area (Å²) in [5.41, 5.74) is 1.24. The normalized spacial score (nSPS) is 12.2. The molecule has 0 rings (SSSR count). The van der Waals surface area contributed by atoms with Gasteiger partial charge in [-0.2, -0.15) is 0 Å². The van der Waals surface area contributed by atoms with Crippen molar-refractivity contribution in [1.29, 1.82) is 0 Å². The van der Waals surface area contributed by atoms with Gasteiger partial charge in [-0.25, -0.2) is 0 Å². The van der Waals surface area contributed by atoms with Gasteiger partial charge in [0.2, 0.25) is 0 Å². The Balaban J connectivity index is 4.78. The van der Waals surface area contributed by atoms with E-state index in [1.54, 1.807) is 13.3 Å². The summed E-state index contributed by atoms with van der Waals surface area (Å²) in [6, 6.07) is 0. The summed E-state index contributed by atoms with van der Waals surface area (Å²) in [6.45, 7) is 13.2. The summed E-state index contributed by atoms with van der Waals surface area (Å²) in [5, 5.41) is 0. The average Bonchev–Trinajstić information content (AvgIpc) is 2.37. The SMILES string of the molecule is C=C(C)C=[CH][Sn]([CH2]CCC)([CH2]CCC)[CH2]CCC. The summed E-state index contributed by atoms with van der Waals surface area (Å²) in [7, 11) is 0. The molecule has 106 valence electrons. The summed E-state index contributed by atoms with van der Waals surface area (Å²) in [6.07, 6.45) is 10.8. The standard InChI is InChI=1S/C5H7.3C4H9.Sn/c1-4-5(2)3;3*1-3-4-2;/h1,4H,2H2,3H3;3*1,3-4H2,2H3;. The molecule has 0 aromatic heterocycles. The number of hydrogen-bond acceptors (Lipinski definition) is 0. The summed E-state index contributed by atoms with van der Waals surface area (Å²) in [4.78, 5) is 0. The van der Waals surface area contributed by atoms with Crippen LogP contribution in [0.25, 0.3) is 0 Å². The van der Waals surface area contributed by atoms with Crippen molar-refractivity contribution >= 4 is 18.4 Å². The molecular formula is C17H34Sn. The van der Waals surface area contributed by atoms with Crippen molar-refractivity contribution < 1.29 is 0 Å². The van der Waals surface area contributed by atoms with Crippen LogP contribution in [0.2, 0.25) is 13.3 Å². The molecule has 0 aliphatic rings. The van der Waals surface area contributed by atoms with Gasteiger partial charge in [-0.05, 0) is 0 Å². The fraction of sp³-hybridized carbons (Fsp3) is 0.765. The van der Waals surface area contributed by atoms with Crippen LogP contribution >= 0.6 is 0 Å². The first-order chi connectivity index (χ1) is 8.60. The van der Waals surface area contributed by atoms with Crippen LogP contribution in [0.15, 0.2) is 22.3 Å². The quantitative estimate of drug-likeness (QED) is 0.292. The molecule has 0 aromatic rings. The van der Waals surface area contributed by atoms with Gasteiger partial charge >= 0.3 is 120 Å². The van der Waals surface area contributed by atoms with E-state index in [9.17, 15) is 0 Å². The molecule has 18 heavy (non-hydrogen) atoms. The van der Waals surface area contributed by atoms with Gasteiger partial charge in [0.25, 0.3) is 0 Å². The maximum absolute atomic E-state index is 4.05. The van der Waals surface area contributed by atoms with E-state index < -0.39 is 18.4 Å². The third-order valence-electron chi connectivity index (χ3n) is 3.81. The van der Waals surface area contributed by atoms with Crippen LogP contribution in [0.1, 0.15) is 66.2 Å².